The molecule has 1 atom stereocenters. The van der Waals surface area contributed by atoms with Crippen LogP contribution in [0.25, 0.3) is 10.9 Å². The third-order valence-corrected chi connectivity index (χ3v) is 4.05. The smallest absolute Gasteiger partial charge is 0.137 e. The van der Waals surface area contributed by atoms with Gasteiger partial charge in [0.2, 0.25) is 0 Å². The van der Waals surface area contributed by atoms with Crippen molar-refractivity contribution in [2.75, 3.05) is 5.32 Å². The predicted octanol–water partition coefficient (Wildman–Crippen LogP) is 3.88. The molecule has 1 aromatic carbocycles. The van der Waals surface area contributed by atoms with Crippen molar-refractivity contribution in [3.05, 3.63) is 29.5 Å². The Morgan fingerprint density at radius 3 is 2.89 bits per heavy atom. The fourth-order valence-corrected chi connectivity index (χ4v) is 2.58. The molecule has 1 N–H and O–H groups in total. The summed E-state index contributed by atoms with van der Waals surface area (Å²) < 4.78 is 0. The molecular formula is C14H16ClN3. The molecule has 0 amide bonds. The highest BCUT2D eigenvalue weighted by molar-refractivity contribution is 6.31. The summed E-state index contributed by atoms with van der Waals surface area (Å²) in [5.74, 6) is 1.69. The number of benzene rings is 1. The number of aromatic nitrogens is 2. The Morgan fingerprint density at radius 2 is 2.17 bits per heavy atom. The van der Waals surface area contributed by atoms with Gasteiger partial charge in [0.1, 0.15) is 12.1 Å². The maximum Gasteiger partial charge on any atom is 0.137 e. The van der Waals surface area contributed by atoms with Crippen molar-refractivity contribution in [2.24, 2.45) is 5.92 Å². The molecule has 0 spiro atoms. The zero-order chi connectivity index (χ0) is 12.5. The molecule has 1 unspecified atom stereocenters. The second-order valence-corrected chi connectivity index (χ2v) is 5.44. The highest BCUT2D eigenvalue weighted by Crippen LogP contribution is 2.32. The van der Waals surface area contributed by atoms with Crippen molar-refractivity contribution in [2.45, 2.75) is 32.2 Å². The van der Waals surface area contributed by atoms with Gasteiger partial charge in [0.25, 0.3) is 0 Å². The molecule has 0 bridgehead atoms. The Morgan fingerprint density at radius 1 is 1.33 bits per heavy atom. The topological polar surface area (TPSA) is 37.8 Å². The highest BCUT2D eigenvalue weighted by Gasteiger charge is 2.24. The average molecular weight is 262 g/mol. The standard InChI is InChI=1S/C14H16ClN3/c1-9(10-3-2-4-10)18-14-12-6-5-11(15)7-13(12)16-8-17-14/h5-10H,2-4H2,1H3,(H,16,17,18). The van der Waals surface area contributed by atoms with Gasteiger partial charge in [0.05, 0.1) is 5.52 Å². The van der Waals surface area contributed by atoms with Gasteiger partial charge in [-0.2, -0.15) is 0 Å². The molecule has 0 aliphatic heterocycles. The maximum absolute atomic E-state index is 5.98. The molecule has 1 fully saturated rings. The SMILES string of the molecule is CC(Nc1ncnc2cc(Cl)ccc12)C1CCC1. The molecule has 2 aromatic rings. The Balaban J connectivity index is 1.91. The summed E-state index contributed by atoms with van der Waals surface area (Å²) in [6.07, 6.45) is 5.59. The van der Waals surface area contributed by atoms with Crippen LogP contribution >= 0.6 is 11.6 Å². The van der Waals surface area contributed by atoms with Crippen LogP contribution in [0.1, 0.15) is 26.2 Å². The minimum Gasteiger partial charge on any atom is -0.367 e. The number of rotatable bonds is 3. The minimum absolute atomic E-state index is 0.465. The van der Waals surface area contributed by atoms with Crippen LogP contribution in [0.3, 0.4) is 0 Å². The number of nitrogens with one attached hydrogen (secondary N) is 1. The largest absolute Gasteiger partial charge is 0.367 e. The molecule has 4 heteroatoms. The molecule has 3 rings (SSSR count). The molecule has 1 aliphatic rings. The van der Waals surface area contributed by atoms with Crippen molar-refractivity contribution in [1.82, 2.24) is 9.97 Å². The number of hydrogen-bond acceptors (Lipinski definition) is 3. The van der Waals surface area contributed by atoms with Crippen molar-refractivity contribution >= 4 is 28.3 Å². The lowest BCUT2D eigenvalue weighted by atomic mass is 9.80. The van der Waals surface area contributed by atoms with Crippen LogP contribution in [0.5, 0.6) is 0 Å². The average Bonchev–Trinajstić information content (AvgIpc) is 2.26. The highest BCUT2D eigenvalue weighted by atomic mass is 35.5. The van der Waals surface area contributed by atoms with Crippen LogP contribution in [-0.4, -0.2) is 16.0 Å². The number of hydrogen-bond donors (Lipinski definition) is 1. The van der Waals surface area contributed by atoms with Crippen LogP contribution in [0.2, 0.25) is 5.02 Å². The lowest BCUT2D eigenvalue weighted by Crippen LogP contribution is -2.31. The van der Waals surface area contributed by atoms with Gasteiger partial charge in [-0.15, -0.1) is 0 Å². The number of fused-ring (bicyclic) bond motifs is 1. The summed E-state index contributed by atoms with van der Waals surface area (Å²) in [6.45, 7) is 2.23. The molecule has 3 nitrogen and oxygen atoms in total. The van der Waals surface area contributed by atoms with Gasteiger partial charge in [-0.1, -0.05) is 18.0 Å². The van der Waals surface area contributed by atoms with E-state index < -0.39 is 0 Å². The zero-order valence-electron chi connectivity index (χ0n) is 10.4. The van der Waals surface area contributed by atoms with Crippen molar-refractivity contribution in [3.8, 4) is 0 Å². The van der Waals surface area contributed by atoms with Crippen LogP contribution in [-0.2, 0) is 0 Å². The normalized spacial score (nSPS) is 17.4. The minimum atomic E-state index is 0.465. The molecule has 1 saturated carbocycles. The molecule has 18 heavy (non-hydrogen) atoms. The summed E-state index contributed by atoms with van der Waals surface area (Å²) in [5.41, 5.74) is 0.890. The van der Waals surface area contributed by atoms with E-state index in [9.17, 15) is 0 Å². The molecule has 0 saturated heterocycles. The zero-order valence-corrected chi connectivity index (χ0v) is 11.1. The second kappa shape index (κ2) is 4.73. The quantitative estimate of drug-likeness (QED) is 0.911. The van der Waals surface area contributed by atoms with Crippen molar-refractivity contribution in [1.29, 1.82) is 0 Å². The maximum atomic E-state index is 5.98. The predicted molar refractivity (Wildman–Crippen MR) is 75.0 cm³/mol. The molecular weight excluding hydrogens is 246 g/mol. The summed E-state index contributed by atoms with van der Waals surface area (Å²) >= 11 is 5.98. The molecule has 1 aliphatic carbocycles. The van der Waals surface area contributed by atoms with E-state index in [0.717, 1.165) is 22.6 Å². The Bertz CT molecular complexity index is 566. The van der Waals surface area contributed by atoms with Crippen LogP contribution < -0.4 is 5.32 Å². The van der Waals surface area contributed by atoms with E-state index in [-0.39, 0.29) is 0 Å². The lowest BCUT2D eigenvalue weighted by Gasteiger charge is -2.32. The first kappa shape index (κ1) is 11.7. The summed E-state index contributed by atoms with van der Waals surface area (Å²) in [7, 11) is 0. The summed E-state index contributed by atoms with van der Waals surface area (Å²) in [4.78, 5) is 8.61. The molecule has 0 radical (unpaired) electrons. The van der Waals surface area contributed by atoms with Gasteiger partial charge < -0.3 is 5.32 Å². The van der Waals surface area contributed by atoms with E-state index >= 15 is 0 Å². The fraction of sp³-hybridized carbons (Fsp3) is 0.429. The van der Waals surface area contributed by atoms with E-state index in [2.05, 4.69) is 22.2 Å². The Kier molecular flexibility index (Phi) is 3.08. The lowest BCUT2D eigenvalue weighted by molar-refractivity contribution is 0.285. The molecule has 94 valence electrons. The first-order valence-electron chi connectivity index (χ1n) is 6.41. The second-order valence-electron chi connectivity index (χ2n) is 5.01. The van der Waals surface area contributed by atoms with E-state index in [1.807, 2.05) is 18.2 Å². The van der Waals surface area contributed by atoms with Crippen LogP contribution in [0.15, 0.2) is 24.5 Å². The van der Waals surface area contributed by atoms with Gasteiger partial charge in [0, 0.05) is 16.5 Å². The molecule has 1 aromatic heterocycles. The van der Waals surface area contributed by atoms with Crippen molar-refractivity contribution < 1.29 is 0 Å². The van der Waals surface area contributed by atoms with Gasteiger partial charge in [0.15, 0.2) is 0 Å². The van der Waals surface area contributed by atoms with E-state index in [0.29, 0.717) is 11.1 Å². The first-order valence-corrected chi connectivity index (χ1v) is 6.78. The number of nitrogens with zero attached hydrogens (tertiary/aromatic N) is 2. The van der Waals surface area contributed by atoms with E-state index in [1.54, 1.807) is 6.33 Å². The van der Waals surface area contributed by atoms with Crippen LogP contribution in [0.4, 0.5) is 5.82 Å². The van der Waals surface area contributed by atoms with Gasteiger partial charge in [-0.25, -0.2) is 9.97 Å². The molecule has 1 heterocycles. The Hall–Kier alpha value is -1.35. The summed E-state index contributed by atoms with van der Waals surface area (Å²) in [5, 5.41) is 5.25. The van der Waals surface area contributed by atoms with Gasteiger partial charge >= 0.3 is 0 Å². The summed E-state index contributed by atoms with van der Waals surface area (Å²) in [6, 6.07) is 6.20. The number of anilines is 1. The Labute approximate surface area is 112 Å². The van der Waals surface area contributed by atoms with Gasteiger partial charge in [-0.3, -0.25) is 0 Å². The fourth-order valence-electron chi connectivity index (χ4n) is 2.42. The number of halogens is 1. The van der Waals surface area contributed by atoms with Gasteiger partial charge in [-0.05, 0) is 43.9 Å². The third kappa shape index (κ3) is 2.15. The van der Waals surface area contributed by atoms with Crippen molar-refractivity contribution in [3.63, 3.8) is 0 Å². The van der Waals surface area contributed by atoms with Crippen LogP contribution in [0, 0.1) is 5.92 Å². The third-order valence-electron chi connectivity index (χ3n) is 3.82. The van der Waals surface area contributed by atoms with E-state index in [4.69, 9.17) is 11.6 Å². The first-order chi connectivity index (χ1) is 8.74. The monoisotopic (exact) mass is 261 g/mol. The van der Waals surface area contributed by atoms with E-state index in [1.165, 1.54) is 19.3 Å².